The molecule has 0 amide bonds. The minimum absolute atomic E-state index is 0.477. The van der Waals surface area contributed by atoms with Crippen LogP contribution in [0.3, 0.4) is 0 Å². The molecule has 0 unspecified atom stereocenters. The largest absolute Gasteiger partial charge is 0.354 e. The summed E-state index contributed by atoms with van der Waals surface area (Å²) in [7, 11) is 0. The van der Waals surface area contributed by atoms with Gasteiger partial charge in [-0.15, -0.1) is 0 Å². The number of aromatic nitrogens is 2. The lowest BCUT2D eigenvalue weighted by Crippen LogP contribution is -1.86. The fraction of sp³-hybridized carbons (Fsp3) is 0.105. The van der Waals surface area contributed by atoms with Crippen LogP contribution in [0.25, 0.3) is 32.7 Å². The van der Waals surface area contributed by atoms with E-state index in [0.717, 1.165) is 32.7 Å². The van der Waals surface area contributed by atoms with Crippen LogP contribution in [0.5, 0.6) is 0 Å². The number of nitrogens with zero attached hydrogens (tertiary/aromatic N) is 3. The molecule has 4 rings (SSSR count). The third kappa shape index (κ3) is 1.79. The number of aromatic amines is 1. The molecule has 108 valence electrons. The van der Waals surface area contributed by atoms with Crippen molar-refractivity contribution in [3.63, 3.8) is 0 Å². The van der Waals surface area contributed by atoms with Crippen molar-refractivity contribution >= 4 is 32.7 Å². The first-order valence-electron chi connectivity index (χ1n) is 7.28. The molecule has 0 aliphatic rings. The monoisotopic (exact) mass is 296 g/mol. The van der Waals surface area contributed by atoms with Crippen LogP contribution < -0.4 is 0 Å². The Kier molecular flexibility index (Phi) is 2.64. The van der Waals surface area contributed by atoms with Gasteiger partial charge >= 0.3 is 0 Å². The second kappa shape index (κ2) is 4.56. The van der Waals surface area contributed by atoms with E-state index >= 15 is 0 Å². The lowest BCUT2D eigenvalue weighted by atomic mass is 10.0. The van der Waals surface area contributed by atoms with Crippen molar-refractivity contribution in [2.75, 3.05) is 0 Å². The lowest BCUT2D eigenvalue weighted by Gasteiger charge is -2.04. The molecule has 0 radical (unpaired) electrons. The van der Waals surface area contributed by atoms with E-state index in [1.54, 1.807) is 18.3 Å². The average molecular weight is 296 g/mol. The SMILES string of the molecule is Cc1cc2ncc3c([nH]c4cc(C#N)cc(C#N)c43)c2cc1C. The third-order valence-corrected chi connectivity index (χ3v) is 4.40. The summed E-state index contributed by atoms with van der Waals surface area (Å²) >= 11 is 0. The van der Waals surface area contributed by atoms with Gasteiger partial charge in [-0.25, -0.2) is 0 Å². The van der Waals surface area contributed by atoms with Gasteiger partial charge in [0.2, 0.25) is 0 Å². The number of nitriles is 2. The van der Waals surface area contributed by atoms with Crippen molar-refractivity contribution < 1.29 is 0 Å². The highest BCUT2D eigenvalue weighted by Crippen LogP contribution is 2.33. The average Bonchev–Trinajstić information content (AvgIpc) is 2.94. The summed E-state index contributed by atoms with van der Waals surface area (Å²) in [5.41, 5.74) is 6.04. The molecule has 0 atom stereocenters. The van der Waals surface area contributed by atoms with E-state index in [9.17, 15) is 5.26 Å². The van der Waals surface area contributed by atoms with Crippen LogP contribution in [0.2, 0.25) is 0 Å². The number of fused-ring (bicyclic) bond motifs is 5. The highest BCUT2D eigenvalue weighted by atomic mass is 14.7. The van der Waals surface area contributed by atoms with Gasteiger partial charge in [0.1, 0.15) is 0 Å². The van der Waals surface area contributed by atoms with Gasteiger partial charge in [0.05, 0.1) is 34.3 Å². The van der Waals surface area contributed by atoms with Crippen molar-refractivity contribution in [2.45, 2.75) is 13.8 Å². The minimum atomic E-state index is 0.477. The summed E-state index contributed by atoms with van der Waals surface area (Å²) in [6.07, 6.45) is 1.80. The van der Waals surface area contributed by atoms with Gasteiger partial charge in [-0.05, 0) is 49.2 Å². The third-order valence-electron chi connectivity index (χ3n) is 4.40. The Morgan fingerprint density at radius 3 is 2.48 bits per heavy atom. The van der Waals surface area contributed by atoms with E-state index in [-0.39, 0.29) is 0 Å². The van der Waals surface area contributed by atoms with Gasteiger partial charge in [0.15, 0.2) is 0 Å². The van der Waals surface area contributed by atoms with Gasteiger partial charge in [-0.1, -0.05) is 0 Å². The number of benzene rings is 2. The predicted octanol–water partition coefficient (Wildman–Crippen LogP) is 4.23. The Labute approximate surface area is 132 Å². The predicted molar refractivity (Wildman–Crippen MR) is 90.0 cm³/mol. The standard InChI is InChI=1S/C19H12N4/c1-10-3-14-16(4-11(10)2)22-9-15-18-13(8-21)5-12(7-20)6-17(18)23-19(14)15/h3-6,9,23H,1-2H3. The maximum absolute atomic E-state index is 9.43. The molecule has 0 aliphatic heterocycles. The number of rotatable bonds is 0. The van der Waals surface area contributed by atoms with Crippen molar-refractivity contribution in [2.24, 2.45) is 0 Å². The number of nitrogens with one attached hydrogen (secondary N) is 1. The fourth-order valence-corrected chi connectivity index (χ4v) is 3.09. The van der Waals surface area contributed by atoms with Crippen LogP contribution >= 0.6 is 0 Å². The maximum Gasteiger partial charge on any atom is 0.0999 e. The minimum Gasteiger partial charge on any atom is -0.354 e. The highest BCUT2D eigenvalue weighted by Gasteiger charge is 2.14. The zero-order valence-electron chi connectivity index (χ0n) is 12.7. The molecule has 0 saturated carbocycles. The van der Waals surface area contributed by atoms with E-state index in [0.29, 0.717) is 11.1 Å². The maximum atomic E-state index is 9.43. The molecule has 0 fully saturated rings. The first-order valence-corrected chi connectivity index (χ1v) is 7.28. The highest BCUT2D eigenvalue weighted by molar-refractivity contribution is 6.17. The molecule has 0 spiro atoms. The topological polar surface area (TPSA) is 76.3 Å². The zero-order valence-corrected chi connectivity index (χ0v) is 12.7. The van der Waals surface area contributed by atoms with E-state index < -0.39 is 0 Å². The molecular formula is C19H12N4. The van der Waals surface area contributed by atoms with Crippen LogP contribution in [0.1, 0.15) is 22.3 Å². The molecule has 2 heterocycles. The van der Waals surface area contributed by atoms with E-state index in [4.69, 9.17) is 5.26 Å². The Bertz CT molecular complexity index is 1200. The van der Waals surface area contributed by atoms with E-state index in [2.05, 4.69) is 48.1 Å². The lowest BCUT2D eigenvalue weighted by molar-refractivity contribution is 1.34. The van der Waals surface area contributed by atoms with Gasteiger partial charge in [-0.2, -0.15) is 10.5 Å². The molecule has 4 aromatic rings. The Morgan fingerprint density at radius 2 is 1.74 bits per heavy atom. The molecule has 4 nitrogen and oxygen atoms in total. The molecule has 0 aliphatic carbocycles. The number of hydrogen-bond donors (Lipinski definition) is 1. The number of aryl methyl sites for hydroxylation is 2. The Balaban J connectivity index is 2.25. The van der Waals surface area contributed by atoms with Crippen molar-refractivity contribution in [3.8, 4) is 12.1 Å². The number of pyridine rings is 1. The summed E-state index contributed by atoms with van der Waals surface area (Å²) in [5, 5.41) is 21.4. The summed E-state index contributed by atoms with van der Waals surface area (Å²) in [6.45, 7) is 4.14. The smallest absolute Gasteiger partial charge is 0.0999 e. The summed E-state index contributed by atoms with van der Waals surface area (Å²) < 4.78 is 0. The molecule has 23 heavy (non-hydrogen) atoms. The Morgan fingerprint density at radius 1 is 0.957 bits per heavy atom. The second-order valence-electron chi connectivity index (χ2n) is 5.80. The van der Waals surface area contributed by atoms with E-state index in [1.807, 2.05) is 0 Å². The summed E-state index contributed by atoms with van der Waals surface area (Å²) in [5.74, 6) is 0. The van der Waals surface area contributed by atoms with Crippen LogP contribution in [0, 0.1) is 36.5 Å². The summed E-state index contributed by atoms with van der Waals surface area (Å²) in [6, 6.07) is 11.9. The molecule has 1 N–H and O–H groups in total. The number of hydrogen-bond acceptors (Lipinski definition) is 3. The molecule has 2 aromatic heterocycles. The fourth-order valence-electron chi connectivity index (χ4n) is 3.09. The van der Waals surface area contributed by atoms with Crippen LogP contribution in [-0.4, -0.2) is 9.97 Å². The molecule has 0 saturated heterocycles. The van der Waals surface area contributed by atoms with Crippen LogP contribution in [0.15, 0.2) is 30.5 Å². The van der Waals surface area contributed by atoms with Crippen molar-refractivity contribution in [3.05, 3.63) is 52.7 Å². The van der Waals surface area contributed by atoms with E-state index in [1.165, 1.54) is 11.1 Å². The van der Waals surface area contributed by atoms with Gasteiger partial charge in [-0.3, -0.25) is 4.98 Å². The van der Waals surface area contributed by atoms with Gasteiger partial charge < -0.3 is 4.98 Å². The molecule has 0 bridgehead atoms. The quantitative estimate of drug-likeness (QED) is 0.527. The van der Waals surface area contributed by atoms with Crippen molar-refractivity contribution in [1.29, 1.82) is 10.5 Å². The number of H-pyrrole nitrogens is 1. The van der Waals surface area contributed by atoms with Gasteiger partial charge in [0.25, 0.3) is 0 Å². The first-order chi connectivity index (χ1) is 11.1. The second-order valence-corrected chi connectivity index (χ2v) is 5.80. The first kappa shape index (κ1) is 13.3. The van der Waals surface area contributed by atoms with Crippen LogP contribution in [0.4, 0.5) is 0 Å². The van der Waals surface area contributed by atoms with Gasteiger partial charge in [0, 0.05) is 27.9 Å². The molecule has 2 aromatic carbocycles. The van der Waals surface area contributed by atoms with Crippen molar-refractivity contribution in [1.82, 2.24) is 9.97 Å². The van der Waals surface area contributed by atoms with Crippen LogP contribution in [-0.2, 0) is 0 Å². The molecular weight excluding hydrogens is 284 g/mol. The molecule has 4 heteroatoms. The summed E-state index contributed by atoms with van der Waals surface area (Å²) in [4.78, 5) is 7.93. The Hall–Kier alpha value is -3.37. The zero-order chi connectivity index (χ0) is 16.1. The normalized spacial score (nSPS) is 11.0.